The molecule has 4 aromatic carbocycles. The summed E-state index contributed by atoms with van der Waals surface area (Å²) in [5.41, 5.74) is 1.46. The number of sulfonamides is 1. The van der Waals surface area contributed by atoms with Gasteiger partial charge in [0.05, 0.1) is 10.6 Å². The molecule has 1 amide bonds. The van der Waals surface area contributed by atoms with Gasteiger partial charge in [-0.15, -0.1) is 0 Å². The second kappa shape index (κ2) is 10.3. The highest BCUT2D eigenvalue weighted by molar-refractivity contribution is 7.91. The zero-order chi connectivity index (χ0) is 28.8. The van der Waals surface area contributed by atoms with Crippen LogP contribution in [0.25, 0.3) is 21.9 Å². The van der Waals surface area contributed by atoms with Crippen molar-refractivity contribution in [1.29, 1.82) is 0 Å². The number of carbonyl (C=O) groups is 1. The highest BCUT2D eigenvalue weighted by atomic mass is 32.2. The lowest BCUT2D eigenvalue weighted by Gasteiger charge is -2.21. The quantitative estimate of drug-likeness (QED) is 0.351. The fourth-order valence-electron chi connectivity index (χ4n) is 4.90. The minimum absolute atomic E-state index is 0.00149. The van der Waals surface area contributed by atoms with Crippen molar-refractivity contribution in [3.63, 3.8) is 0 Å². The summed E-state index contributed by atoms with van der Waals surface area (Å²) in [4.78, 5) is 15.8. The molecule has 5 rings (SSSR count). The van der Waals surface area contributed by atoms with Gasteiger partial charge in [0.2, 0.25) is 15.9 Å². The van der Waals surface area contributed by atoms with Crippen molar-refractivity contribution in [1.82, 2.24) is 4.72 Å². The molecule has 1 aliphatic heterocycles. The highest BCUT2D eigenvalue weighted by Gasteiger charge is 2.38. The second-order valence-corrected chi connectivity index (χ2v) is 13.6. The van der Waals surface area contributed by atoms with Crippen LogP contribution in [-0.2, 0) is 24.7 Å². The Labute approximate surface area is 233 Å². The van der Waals surface area contributed by atoms with Gasteiger partial charge in [-0.3, -0.25) is 4.79 Å². The Bertz CT molecular complexity index is 1840. The SMILES string of the molecule is CN(C)c1ccc2cc(S(=O)(=O)N[C@H]3CCN(c4ccc(-c5ccccc5)c(S(C)(=O)=O)c4F)C3=O)ccc2c1. The van der Waals surface area contributed by atoms with Gasteiger partial charge in [0.15, 0.2) is 15.7 Å². The van der Waals surface area contributed by atoms with E-state index in [0.29, 0.717) is 5.56 Å². The summed E-state index contributed by atoms with van der Waals surface area (Å²) in [5.74, 6) is -1.71. The van der Waals surface area contributed by atoms with Crippen LogP contribution < -0.4 is 14.5 Å². The predicted octanol–water partition coefficient (Wildman–Crippen LogP) is 4.20. The van der Waals surface area contributed by atoms with Crippen LogP contribution >= 0.6 is 0 Å². The Morgan fingerprint density at radius 1 is 0.900 bits per heavy atom. The summed E-state index contributed by atoms with van der Waals surface area (Å²) in [6, 6.07) is 20.6. The predicted molar refractivity (Wildman–Crippen MR) is 154 cm³/mol. The van der Waals surface area contributed by atoms with E-state index in [9.17, 15) is 21.6 Å². The molecule has 4 aromatic rings. The van der Waals surface area contributed by atoms with E-state index in [4.69, 9.17) is 0 Å². The molecule has 1 aliphatic rings. The summed E-state index contributed by atoms with van der Waals surface area (Å²) in [5, 5.41) is 1.59. The maximum atomic E-state index is 15.8. The van der Waals surface area contributed by atoms with Gasteiger partial charge in [-0.05, 0) is 53.1 Å². The molecule has 1 fully saturated rings. The number of amides is 1. The number of hydrogen-bond donors (Lipinski definition) is 1. The number of fused-ring (bicyclic) bond motifs is 1. The van der Waals surface area contributed by atoms with Crippen molar-refractivity contribution in [2.24, 2.45) is 0 Å². The molecule has 0 spiro atoms. The lowest BCUT2D eigenvalue weighted by molar-refractivity contribution is -0.118. The minimum atomic E-state index is -4.08. The number of nitrogens with zero attached hydrogens (tertiary/aromatic N) is 2. The first kappa shape index (κ1) is 27.8. The molecule has 8 nitrogen and oxygen atoms in total. The zero-order valence-electron chi connectivity index (χ0n) is 22.1. The molecule has 0 aromatic heterocycles. The van der Waals surface area contributed by atoms with Crippen molar-refractivity contribution in [2.75, 3.05) is 36.7 Å². The van der Waals surface area contributed by atoms with Crippen LogP contribution in [0.1, 0.15) is 6.42 Å². The van der Waals surface area contributed by atoms with E-state index in [1.54, 1.807) is 36.4 Å². The van der Waals surface area contributed by atoms with Crippen LogP contribution in [0.2, 0.25) is 0 Å². The molecule has 0 bridgehead atoms. The molecule has 0 radical (unpaired) electrons. The first-order valence-corrected chi connectivity index (χ1v) is 15.9. The fraction of sp³-hybridized carbons (Fsp3) is 0.207. The number of carbonyl (C=O) groups excluding carboxylic acids is 1. The van der Waals surface area contributed by atoms with E-state index >= 15 is 4.39 Å². The lowest BCUT2D eigenvalue weighted by Crippen LogP contribution is -2.41. The Hall–Kier alpha value is -3.80. The summed E-state index contributed by atoms with van der Waals surface area (Å²) < 4.78 is 69.9. The van der Waals surface area contributed by atoms with Gasteiger partial charge in [-0.2, -0.15) is 4.72 Å². The maximum absolute atomic E-state index is 15.8. The van der Waals surface area contributed by atoms with Crippen LogP contribution in [0.4, 0.5) is 15.8 Å². The van der Waals surface area contributed by atoms with Crippen molar-refractivity contribution < 1.29 is 26.0 Å². The molecule has 0 aliphatic carbocycles. The standard InChI is InChI=1S/C29H28FN3O5S2/c1-32(2)22-11-9-21-18-23(12-10-20(21)17-22)40(37,38)31-25-15-16-33(29(25)34)26-14-13-24(19-7-5-4-6-8-19)28(27(26)30)39(3,35)36/h4-14,17-18,25,31H,15-16H2,1-3H3/t25-/m0/s1. The van der Waals surface area contributed by atoms with E-state index < -0.39 is 42.5 Å². The maximum Gasteiger partial charge on any atom is 0.245 e. The van der Waals surface area contributed by atoms with Crippen molar-refractivity contribution in [2.45, 2.75) is 22.3 Å². The van der Waals surface area contributed by atoms with Gasteiger partial charge < -0.3 is 9.80 Å². The van der Waals surface area contributed by atoms with E-state index in [-0.39, 0.29) is 29.1 Å². The van der Waals surface area contributed by atoms with Crippen LogP contribution in [0.15, 0.2) is 88.7 Å². The van der Waals surface area contributed by atoms with Crippen LogP contribution in [0.3, 0.4) is 0 Å². The number of anilines is 2. The molecule has 11 heteroatoms. The van der Waals surface area contributed by atoms with Crippen molar-refractivity contribution in [3.8, 4) is 11.1 Å². The number of sulfone groups is 1. The van der Waals surface area contributed by atoms with Crippen LogP contribution in [-0.4, -0.2) is 55.7 Å². The van der Waals surface area contributed by atoms with Crippen LogP contribution in [0.5, 0.6) is 0 Å². The topological polar surface area (TPSA) is 104 Å². The Morgan fingerprint density at radius 2 is 1.57 bits per heavy atom. The third-order valence-corrected chi connectivity index (χ3v) is 9.56. The smallest absolute Gasteiger partial charge is 0.245 e. The lowest BCUT2D eigenvalue weighted by atomic mass is 10.0. The molecule has 208 valence electrons. The van der Waals surface area contributed by atoms with Crippen molar-refractivity contribution >= 4 is 47.9 Å². The van der Waals surface area contributed by atoms with E-state index in [2.05, 4.69) is 4.72 Å². The van der Waals surface area contributed by atoms with Crippen LogP contribution in [0, 0.1) is 5.82 Å². The fourth-order valence-corrected chi connectivity index (χ4v) is 7.18. The third kappa shape index (κ3) is 5.19. The largest absolute Gasteiger partial charge is 0.378 e. The van der Waals surface area contributed by atoms with Gasteiger partial charge in [0, 0.05) is 38.1 Å². The molecule has 1 N–H and O–H groups in total. The average Bonchev–Trinajstić information content (AvgIpc) is 3.26. The zero-order valence-corrected chi connectivity index (χ0v) is 23.8. The number of hydrogen-bond acceptors (Lipinski definition) is 6. The Kier molecular flexibility index (Phi) is 7.15. The monoisotopic (exact) mass is 581 g/mol. The number of benzene rings is 4. The number of halogens is 1. The third-order valence-electron chi connectivity index (χ3n) is 6.95. The highest BCUT2D eigenvalue weighted by Crippen LogP contribution is 2.36. The van der Waals surface area contributed by atoms with Gasteiger partial charge >= 0.3 is 0 Å². The summed E-state index contributed by atoms with van der Waals surface area (Å²) >= 11 is 0. The van der Waals surface area contributed by atoms with Crippen molar-refractivity contribution in [3.05, 3.63) is 84.7 Å². The molecular weight excluding hydrogens is 553 g/mol. The Balaban J connectivity index is 1.42. The number of rotatable bonds is 7. The van der Waals surface area contributed by atoms with E-state index in [1.165, 1.54) is 24.3 Å². The molecule has 1 saturated heterocycles. The molecule has 1 heterocycles. The normalized spacial score (nSPS) is 16.1. The van der Waals surface area contributed by atoms with E-state index in [0.717, 1.165) is 27.6 Å². The molecule has 0 saturated carbocycles. The first-order chi connectivity index (χ1) is 18.9. The second-order valence-electron chi connectivity index (χ2n) is 9.95. The summed E-state index contributed by atoms with van der Waals surface area (Å²) in [7, 11) is -4.27. The Morgan fingerprint density at radius 3 is 2.25 bits per heavy atom. The minimum Gasteiger partial charge on any atom is -0.378 e. The van der Waals surface area contributed by atoms with E-state index in [1.807, 2.05) is 37.2 Å². The summed E-state index contributed by atoms with van der Waals surface area (Å²) in [6.07, 6.45) is 1.00. The molecule has 0 unspecified atom stereocenters. The van der Waals surface area contributed by atoms with Gasteiger partial charge in [-0.1, -0.05) is 48.5 Å². The molecule has 1 atom stereocenters. The average molecular weight is 582 g/mol. The van der Waals surface area contributed by atoms with Gasteiger partial charge in [0.25, 0.3) is 0 Å². The first-order valence-electron chi connectivity index (χ1n) is 12.5. The number of nitrogens with one attached hydrogen (secondary N) is 1. The van der Waals surface area contributed by atoms with Gasteiger partial charge in [-0.25, -0.2) is 21.2 Å². The summed E-state index contributed by atoms with van der Waals surface area (Å²) in [6.45, 7) is 0.0157. The molecule has 40 heavy (non-hydrogen) atoms. The molecular formula is C29H28FN3O5S2. The van der Waals surface area contributed by atoms with Gasteiger partial charge in [0.1, 0.15) is 10.9 Å².